The number of aryl methyl sites for hydroxylation is 1. The lowest BCUT2D eigenvalue weighted by Crippen LogP contribution is -2.36. The molecule has 3 heterocycles. The second kappa shape index (κ2) is 8.08. The van der Waals surface area contributed by atoms with Gasteiger partial charge in [-0.1, -0.05) is 30.3 Å². The molecule has 1 aromatic carbocycles. The normalized spacial score (nSPS) is 15.2. The van der Waals surface area contributed by atoms with Crippen molar-refractivity contribution in [2.45, 2.75) is 38.5 Å². The quantitative estimate of drug-likeness (QED) is 0.645. The third-order valence-corrected chi connectivity index (χ3v) is 4.76. The number of fused-ring (bicyclic) bond motifs is 1. The number of aromatic nitrogens is 4. The molecule has 1 atom stereocenters. The number of rotatable bonds is 7. The van der Waals surface area contributed by atoms with Gasteiger partial charge in [-0.25, -0.2) is 4.98 Å². The van der Waals surface area contributed by atoms with Gasteiger partial charge in [0.15, 0.2) is 0 Å². The molecule has 144 valence electrons. The summed E-state index contributed by atoms with van der Waals surface area (Å²) in [6, 6.07) is 11.6. The Hall–Kier alpha value is -3.42. The van der Waals surface area contributed by atoms with Gasteiger partial charge in [-0.05, 0) is 11.6 Å². The van der Waals surface area contributed by atoms with Gasteiger partial charge >= 0.3 is 0 Å². The molecule has 8 nitrogen and oxygen atoms in total. The summed E-state index contributed by atoms with van der Waals surface area (Å²) in [4.78, 5) is 28.4. The van der Waals surface area contributed by atoms with Gasteiger partial charge in [0.05, 0.1) is 18.9 Å². The van der Waals surface area contributed by atoms with E-state index in [1.807, 2.05) is 41.1 Å². The molecule has 0 saturated carbocycles. The number of imidazole rings is 1. The van der Waals surface area contributed by atoms with Gasteiger partial charge in [0, 0.05) is 44.0 Å². The van der Waals surface area contributed by atoms with Gasteiger partial charge in [0.25, 0.3) is 5.91 Å². The average Bonchev–Trinajstić information content (AvgIpc) is 3.42. The molecule has 8 heteroatoms. The number of amides is 2. The lowest BCUT2D eigenvalue weighted by atomic mass is 10.2. The van der Waals surface area contributed by atoms with Crippen molar-refractivity contribution in [3.8, 4) is 0 Å². The third kappa shape index (κ3) is 4.28. The summed E-state index contributed by atoms with van der Waals surface area (Å²) in [5.41, 5.74) is 2.42. The maximum atomic E-state index is 12.3. The first-order chi connectivity index (χ1) is 13.7. The molecule has 0 saturated heterocycles. The fourth-order valence-electron chi connectivity index (χ4n) is 3.33. The summed E-state index contributed by atoms with van der Waals surface area (Å²) in [5, 5.41) is 10.3. The number of carbonyl (C=O) groups is 2. The molecule has 28 heavy (non-hydrogen) atoms. The lowest BCUT2D eigenvalue weighted by molar-refractivity contribution is -0.122. The van der Waals surface area contributed by atoms with Crippen LogP contribution in [0.3, 0.4) is 0 Å². The number of benzene rings is 1. The molecule has 2 N–H and O–H groups in total. The van der Waals surface area contributed by atoms with E-state index in [1.54, 1.807) is 23.3 Å². The lowest BCUT2D eigenvalue weighted by Gasteiger charge is -2.12. The van der Waals surface area contributed by atoms with E-state index >= 15 is 0 Å². The zero-order valence-corrected chi connectivity index (χ0v) is 15.4. The van der Waals surface area contributed by atoms with Crippen LogP contribution in [-0.4, -0.2) is 37.2 Å². The Morgan fingerprint density at radius 1 is 1.21 bits per heavy atom. The Bertz CT molecular complexity index is 925. The van der Waals surface area contributed by atoms with Crippen molar-refractivity contribution in [2.75, 3.05) is 0 Å². The zero-order chi connectivity index (χ0) is 19.3. The van der Waals surface area contributed by atoms with Crippen LogP contribution in [0.2, 0.25) is 0 Å². The Labute approximate surface area is 162 Å². The summed E-state index contributed by atoms with van der Waals surface area (Å²) in [5.74, 6) is -0.183. The zero-order valence-electron chi connectivity index (χ0n) is 15.4. The number of hydrogen-bond donors (Lipinski definition) is 2. The van der Waals surface area contributed by atoms with Crippen LogP contribution in [0.1, 0.15) is 28.2 Å². The van der Waals surface area contributed by atoms with E-state index in [4.69, 9.17) is 0 Å². The standard InChI is InChI=1S/C20H22N6O2/c27-19(6-8-25-9-7-21-14-25)23-16-10-17-11-18(24-26(17)13-16)20(28)22-12-15-4-2-1-3-5-15/h1-5,7,9,11,14,16H,6,8,10,12-13H2,(H,22,28)(H,23,27). The van der Waals surface area contributed by atoms with E-state index in [1.165, 1.54) is 0 Å². The van der Waals surface area contributed by atoms with Crippen molar-refractivity contribution < 1.29 is 9.59 Å². The molecule has 0 fully saturated rings. The van der Waals surface area contributed by atoms with Gasteiger partial charge in [-0.15, -0.1) is 0 Å². The maximum Gasteiger partial charge on any atom is 0.272 e. The van der Waals surface area contributed by atoms with E-state index in [9.17, 15) is 9.59 Å². The SMILES string of the molecule is O=C(CCn1ccnc1)NC1Cc2cc(C(=O)NCc3ccccc3)nn2C1. The monoisotopic (exact) mass is 378 g/mol. The minimum Gasteiger partial charge on any atom is -0.351 e. The molecular weight excluding hydrogens is 356 g/mol. The van der Waals surface area contributed by atoms with Crippen molar-refractivity contribution in [1.29, 1.82) is 0 Å². The minimum absolute atomic E-state index is 0.00489. The number of carbonyl (C=O) groups excluding carboxylic acids is 2. The molecule has 0 bridgehead atoms. The molecule has 2 aromatic heterocycles. The van der Waals surface area contributed by atoms with Gasteiger partial charge in [-0.3, -0.25) is 14.3 Å². The number of hydrogen-bond acceptors (Lipinski definition) is 4. The highest BCUT2D eigenvalue weighted by Gasteiger charge is 2.26. The highest BCUT2D eigenvalue weighted by molar-refractivity contribution is 5.92. The minimum atomic E-state index is -0.188. The third-order valence-electron chi connectivity index (χ3n) is 4.76. The Morgan fingerprint density at radius 2 is 2.07 bits per heavy atom. The molecule has 1 aliphatic rings. The molecular formula is C20H22N6O2. The molecule has 0 spiro atoms. The Morgan fingerprint density at radius 3 is 2.82 bits per heavy atom. The summed E-state index contributed by atoms with van der Waals surface area (Å²) >= 11 is 0. The van der Waals surface area contributed by atoms with Crippen molar-refractivity contribution in [1.82, 2.24) is 30.0 Å². The van der Waals surface area contributed by atoms with Crippen molar-refractivity contribution in [3.05, 3.63) is 72.1 Å². The first kappa shape index (κ1) is 18.0. The molecule has 1 aliphatic heterocycles. The van der Waals surface area contributed by atoms with Crippen LogP contribution in [0.15, 0.2) is 55.1 Å². The fourth-order valence-corrected chi connectivity index (χ4v) is 3.33. The molecule has 2 amide bonds. The van der Waals surface area contributed by atoms with Gasteiger partial charge in [0.2, 0.25) is 5.91 Å². The van der Waals surface area contributed by atoms with E-state index in [0.29, 0.717) is 38.2 Å². The number of nitrogens with one attached hydrogen (secondary N) is 2. The van der Waals surface area contributed by atoms with Gasteiger partial charge in [0.1, 0.15) is 5.69 Å². The molecule has 1 unspecified atom stereocenters. The molecule has 3 aromatic rings. The molecule has 0 radical (unpaired) electrons. The fraction of sp³-hybridized carbons (Fsp3) is 0.300. The largest absolute Gasteiger partial charge is 0.351 e. The van der Waals surface area contributed by atoms with Crippen LogP contribution < -0.4 is 10.6 Å². The summed E-state index contributed by atoms with van der Waals surface area (Å²) < 4.78 is 3.68. The predicted molar refractivity (Wildman–Crippen MR) is 102 cm³/mol. The highest BCUT2D eigenvalue weighted by Crippen LogP contribution is 2.16. The first-order valence-electron chi connectivity index (χ1n) is 9.31. The Kier molecular flexibility index (Phi) is 5.18. The second-order valence-electron chi connectivity index (χ2n) is 6.89. The van der Waals surface area contributed by atoms with Crippen molar-refractivity contribution in [2.24, 2.45) is 0 Å². The van der Waals surface area contributed by atoms with E-state index in [0.717, 1.165) is 11.3 Å². The van der Waals surface area contributed by atoms with Crippen LogP contribution in [0, 0.1) is 0 Å². The van der Waals surface area contributed by atoms with Crippen LogP contribution in [0.25, 0.3) is 0 Å². The predicted octanol–water partition coefficient (Wildman–Crippen LogP) is 1.14. The van der Waals surface area contributed by atoms with E-state index in [2.05, 4.69) is 20.7 Å². The van der Waals surface area contributed by atoms with Crippen molar-refractivity contribution >= 4 is 11.8 Å². The summed E-state index contributed by atoms with van der Waals surface area (Å²) in [6.45, 7) is 1.66. The Balaban J connectivity index is 1.25. The summed E-state index contributed by atoms with van der Waals surface area (Å²) in [7, 11) is 0. The molecule has 0 aliphatic carbocycles. The van der Waals surface area contributed by atoms with Crippen LogP contribution >= 0.6 is 0 Å². The van der Waals surface area contributed by atoms with Crippen LogP contribution in [0.5, 0.6) is 0 Å². The van der Waals surface area contributed by atoms with Crippen LogP contribution in [-0.2, 0) is 30.8 Å². The van der Waals surface area contributed by atoms with Crippen LogP contribution in [0.4, 0.5) is 0 Å². The molecule has 4 rings (SSSR count). The number of nitrogens with zero attached hydrogens (tertiary/aromatic N) is 4. The maximum absolute atomic E-state index is 12.3. The average molecular weight is 378 g/mol. The second-order valence-corrected chi connectivity index (χ2v) is 6.89. The first-order valence-corrected chi connectivity index (χ1v) is 9.31. The van der Waals surface area contributed by atoms with Crippen molar-refractivity contribution in [3.63, 3.8) is 0 Å². The van der Waals surface area contributed by atoms with Gasteiger partial charge < -0.3 is 15.2 Å². The highest BCUT2D eigenvalue weighted by atomic mass is 16.2. The van der Waals surface area contributed by atoms with E-state index in [-0.39, 0.29) is 17.9 Å². The van der Waals surface area contributed by atoms with E-state index < -0.39 is 0 Å². The topological polar surface area (TPSA) is 93.8 Å². The van der Waals surface area contributed by atoms with Gasteiger partial charge in [-0.2, -0.15) is 5.10 Å². The smallest absolute Gasteiger partial charge is 0.272 e. The summed E-state index contributed by atoms with van der Waals surface area (Å²) in [6.07, 6.45) is 6.31.